The minimum Gasteiger partial charge on any atom is -0.378 e. The van der Waals surface area contributed by atoms with Gasteiger partial charge in [0.25, 0.3) is 0 Å². The number of nitrogens with one attached hydrogen (secondary N) is 1. The third kappa shape index (κ3) is 2.13. The van der Waals surface area contributed by atoms with Crippen LogP contribution in [-0.4, -0.2) is 19.8 Å². The lowest BCUT2D eigenvalue weighted by Gasteiger charge is -2.24. The van der Waals surface area contributed by atoms with Crippen LogP contribution in [0.5, 0.6) is 0 Å². The molecule has 0 aliphatic carbocycles. The van der Waals surface area contributed by atoms with Gasteiger partial charge in [-0.2, -0.15) is 0 Å². The first kappa shape index (κ1) is 10.4. The summed E-state index contributed by atoms with van der Waals surface area (Å²) in [6.45, 7) is 1.24. The van der Waals surface area contributed by atoms with Crippen LogP contribution in [0.4, 0.5) is 13.2 Å². The van der Waals surface area contributed by atoms with Gasteiger partial charge in [0.05, 0.1) is 19.3 Å². The van der Waals surface area contributed by atoms with Crippen molar-refractivity contribution in [3.63, 3.8) is 0 Å². The van der Waals surface area contributed by atoms with Gasteiger partial charge in [-0.1, -0.05) is 0 Å². The van der Waals surface area contributed by atoms with Crippen LogP contribution in [0, 0.1) is 17.5 Å². The van der Waals surface area contributed by atoms with E-state index in [9.17, 15) is 13.2 Å². The number of hydrogen-bond donors (Lipinski definition) is 1. The Morgan fingerprint density at radius 3 is 2.40 bits per heavy atom. The van der Waals surface area contributed by atoms with Gasteiger partial charge in [0, 0.05) is 24.2 Å². The van der Waals surface area contributed by atoms with Crippen molar-refractivity contribution in [1.29, 1.82) is 0 Å². The molecular formula is C10H10F3NO. The number of rotatable bonds is 1. The van der Waals surface area contributed by atoms with E-state index in [1.807, 2.05) is 0 Å². The molecule has 0 aromatic heterocycles. The molecule has 1 heterocycles. The van der Waals surface area contributed by atoms with Crippen molar-refractivity contribution in [1.82, 2.24) is 5.32 Å². The molecule has 0 bridgehead atoms. The highest BCUT2D eigenvalue weighted by Gasteiger charge is 2.23. The normalized spacial score (nSPS) is 21.7. The van der Waals surface area contributed by atoms with E-state index >= 15 is 0 Å². The molecule has 0 amide bonds. The van der Waals surface area contributed by atoms with Gasteiger partial charge in [-0.25, -0.2) is 13.2 Å². The Morgan fingerprint density at radius 2 is 1.87 bits per heavy atom. The van der Waals surface area contributed by atoms with Crippen molar-refractivity contribution in [2.45, 2.75) is 6.04 Å². The van der Waals surface area contributed by atoms with E-state index in [0.29, 0.717) is 25.3 Å². The van der Waals surface area contributed by atoms with E-state index in [4.69, 9.17) is 4.74 Å². The molecule has 0 saturated carbocycles. The highest BCUT2D eigenvalue weighted by molar-refractivity contribution is 5.24. The zero-order chi connectivity index (χ0) is 10.8. The number of hydrogen-bond acceptors (Lipinski definition) is 2. The first-order valence-electron chi connectivity index (χ1n) is 4.64. The van der Waals surface area contributed by atoms with Crippen LogP contribution in [0.1, 0.15) is 11.6 Å². The summed E-state index contributed by atoms with van der Waals surface area (Å²) in [5.41, 5.74) is -0.156. The standard InChI is InChI=1S/C10H10F3NO/c11-6-3-7(12)10(8(13)4-6)9-5-15-2-1-14-9/h3-4,9,14H,1-2,5H2. The van der Waals surface area contributed by atoms with Crippen molar-refractivity contribution >= 4 is 0 Å². The Labute approximate surface area is 85.0 Å². The van der Waals surface area contributed by atoms with E-state index in [1.165, 1.54) is 0 Å². The van der Waals surface area contributed by atoms with Gasteiger partial charge in [0.2, 0.25) is 0 Å². The van der Waals surface area contributed by atoms with Gasteiger partial charge >= 0.3 is 0 Å². The second-order valence-corrected chi connectivity index (χ2v) is 3.36. The molecule has 1 N–H and O–H groups in total. The Balaban J connectivity index is 2.33. The fraction of sp³-hybridized carbons (Fsp3) is 0.400. The minimum atomic E-state index is -0.912. The van der Waals surface area contributed by atoms with E-state index < -0.39 is 23.5 Å². The van der Waals surface area contributed by atoms with Gasteiger partial charge in [-0.3, -0.25) is 0 Å². The molecule has 1 aliphatic rings. The Kier molecular flexibility index (Phi) is 2.93. The highest BCUT2D eigenvalue weighted by Crippen LogP contribution is 2.23. The maximum Gasteiger partial charge on any atom is 0.133 e. The Hall–Kier alpha value is -1.07. The average molecular weight is 217 g/mol. The van der Waals surface area contributed by atoms with Crippen molar-refractivity contribution in [2.24, 2.45) is 0 Å². The van der Waals surface area contributed by atoms with Crippen molar-refractivity contribution in [3.8, 4) is 0 Å². The molecule has 82 valence electrons. The fourth-order valence-corrected chi connectivity index (χ4v) is 1.64. The molecule has 2 rings (SSSR count). The van der Waals surface area contributed by atoms with Crippen LogP contribution < -0.4 is 5.32 Å². The molecule has 1 aliphatic heterocycles. The van der Waals surface area contributed by atoms with Gasteiger partial charge in [-0.15, -0.1) is 0 Å². The molecule has 1 aromatic rings. The molecule has 1 aromatic carbocycles. The summed E-state index contributed by atoms with van der Waals surface area (Å²) >= 11 is 0. The monoisotopic (exact) mass is 217 g/mol. The number of halogens is 3. The van der Waals surface area contributed by atoms with Gasteiger partial charge < -0.3 is 10.1 Å². The first-order valence-corrected chi connectivity index (χ1v) is 4.64. The summed E-state index contributed by atoms with van der Waals surface area (Å²) in [4.78, 5) is 0. The zero-order valence-electron chi connectivity index (χ0n) is 7.90. The zero-order valence-corrected chi connectivity index (χ0v) is 7.90. The largest absolute Gasteiger partial charge is 0.378 e. The van der Waals surface area contributed by atoms with Crippen LogP contribution in [0.15, 0.2) is 12.1 Å². The van der Waals surface area contributed by atoms with Crippen LogP contribution >= 0.6 is 0 Å². The maximum atomic E-state index is 13.3. The van der Waals surface area contributed by atoms with Crippen LogP contribution in [-0.2, 0) is 4.74 Å². The highest BCUT2D eigenvalue weighted by atomic mass is 19.1. The summed E-state index contributed by atoms with van der Waals surface area (Å²) in [6, 6.07) is 0.808. The van der Waals surface area contributed by atoms with Gasteiger partial charge in [0.15, 0.2) is 0 Å². The number of morpholine rings is 1. The molecule has 1 unspecified atom stereocenters. The molecule has 1 saturated heterocycles. The minimum absolute atomic E-state index is 0.156. The van der Waals surface area contributed by atoms with Crippen LogP contribution in [0.3, 0.4) is 0 Å². The third-order valence-corrected chi connectivity index (χ3v) is 2.31. The molecule has 5 heteroatoms. The summed E-state index contributed by atoms with van der Waals surface area (Å²) < 4.78 is 44.4. The second-order valence-electron chi connectivity index (χ2n) is 3.36. The van der Waals surface area contributed by atoms with E-state index in [2.05, 4.69) is 5.32 Å². The Bertz CT molecular complexity index is 341. The summed E-state index contributed by atoms with van der Waals surface area (Å²) in [7, 11) is 0. The fourth-order valence-electron chi connectivity index (χ4n) is 1.64. The second kappa shape index (κ2) is 4.20. The number of ether oxygens (including phenoxy) is 1. The van der Waals surface area contributed by atoms with Crippen LogP contribution in [0.2, 0.25) is 0 Å². The summed E-state index contributed by atoms with van der Waals surface area (Å²) in [6.07, 6.45) is 0. The quantitative estimate of drug-likeness (QED) is 0.774. The van der Waals surface area contributed by atoms with Gasteiger partial charge in [-0.05, 0) is 0 Å². The molecule has 1 fully saturated rings. The lowest BCUT2D eigenvalue weighted by molar-refractivity contribution is 0.0744. The molecular weight excluding hydrogens is 207 g/mol. The lowest BCUT2D eigenvalue weighted by atomic mass is 10.1. The van der Waals surface area contributed by atoms with Crippen LogP contribution in [0.25, 0.3) is 0 Å². The number of benzene rings is 1. The van der Waals surface area contributed by atoms with Crippen molar-refractivity contribution < 1.29 is 17.9 Å². The van der Waals surface area contributed by atoms with E-state index in [-0.39, 0.29) is 12.2 Å². The van der Waals surface area contributed by atoms with Gasteiger partial charge in [0.1, 0.15) is 17.5 Å². The van der Waals surface area contributed by atoms with Crippen molar-refractivity contribution in [2.75, 3.05) is 19.8 Å². The predicted molar refractivity (Wildman–Crippen MR) is 47.9 cm³/mol. The SMILES string of the molecule is Fc1cc(F)c(C2COCCN2)c(F)c1. The smallest absolute Gasteiger partial charge is 0.133 e. The average Bonchev–Trinajstić information content (AvgIpc) is 2.17. The predicted octanol–water partition coefficient (Wildman–Crippen LogP) is 1.76. The van der Waals surface area contributed by atoms with E-state index in [1.54, 1.807) is 0 Å². The van der Waals surface area contributed by atoms with Crippen molar-refractivity contribution in [3.05, 3.63) is 35.1 Å². The summed E-state index contributed by atoms with van der Waals surface area (Å²) in [5, 5.41) is 2.91. The maximum absolute atomic E-state index is 13.3. The van der Waals surface area contributed by atoms with E-state index in [0.717, 1.165) is 0 Å². The molecule has 0 spiro atoms. The molecule has 2 nitrogen and oxygen atoms in total. The molecule has 15 heavy (non-hydrogen) atoms. The Morgan fingerprint density at radius 1 is 1.20 bits per heavy atom. The first-order chi connectivity index (χ1) is 7.18. The summed E-state index contributed by atoms with van der Waals surface area (Å²) in [5.74, 6) is -2.67. The lowest BCUT2D eigenvalue weighted by Crippen LogP contribution is -2.35. The third-order valence-electron chi connectivity index (χ3n) is 2.31. The molecule has 0 radical (unpaired) electrons. The molecule has 1 atom stereocenters. The topological polar surface area (TPSA) is 21.3 Å².